The van der Waals surface area contributed by atoms with E-state index in [0.717, 1.165) is 49.9 Å². The number of aromatic nitrogens is 4. The molecule has 0 amide bonds. The van der Waals surface area contributed by atoms with E-state index in [4.69, 9.17) is 14.9 Å². The van der Waals surface area contributed by atoms with Crippen molar-refractivity contribution in [2.24, 2.45) is 0 Å². The summed E-state index contributed by atoms with van der Waals surface area (Å²) in [5.74, 6) is -0.979. The second-order valence-corrected chi connectivity index (χ2v) is 6.71. The fraction of sp³-hybridized carbons (Fsp3) is 0.300. The number of carbonyl (C=O) groups is 1. The number of hydrogen-bond donors (Lipinski definition) is 2. The lowest BCUT2D eigenvalue weighted by Crippen LogP contribution is -2.43. The van der Waals surface area contributed by atoms with E-state index in [2.05, 4.69) is 49.0 Å². The Morgan fingerprint density at radius 2 is 1.90 bits per heavy atom. The summed E-state index contributed by atoms with van der Waals surface area (Å²) in [6.07, 6.45) is 2.36. The highest BCUT2D eigenvalue weighted by Crippen LogP contribution is 2.20. The Labute approximate surface area is 176 Å². The molecule has 8 nitrogen and oxygen atoms in total. The molecule has 164 valence electrons. The van der Waals surface area contributed by atoms with Gasteiger partial charge >= 0.3 is 12.1 Å². The van der Waals surface area contributed by atoms with Crippen molar-refractivity contribution in [1.29, 1.82) is 0 Å². The van der Waals surface area contributed by atoms with Crippen molar-refractivity contribution < 1.29 is 23.1 Å². The molecule has 0 bridgehead atoms. The minimum Gasteiger partial charge on any atom is -0.475 e. The number of piperazine rings is 1. The van der Waals surface area contributed by atoms with Gasteiger partial charge in [-0.1, -0.05) is 18.2 Å². The molecule has 2 N–H and O–H groups in total. The summed E-state index contributed by atoms with van der Waals surface area (Å²) in [7, 11) is 0. The summed E-state index contributed by atoms with van der Waals surface area (Å²) in [6, 6.07) is 10.4. The van der Waals surface area contributed by atoms with Crippen LogP contribution in [0.1, 0.15) is 5.56 Å². The van der Waals surface area contributed by atoms with Crippen molar-refractivity contribution >= 4 is 11.8 Å². The molecule has 4 rings (SSSR count). The summed E-state index contributed by atoms with van der Waals surface area (Å²) in [5, 5.41) is 10.5. The number of alkyl halides is 3. The number of imidazole rings is 1. The van der Waals surface area contributed by atoms with Gasteiger partial charge in [-0.2, -0.15) is 13.2 Å². The maximum absolute atomic E-state index is 10.6. The molecule has 31 heavy (non-hydrogen) atoms. The van der Waals surface area contributed by atoms with Crippen LogP contribution < -0.4 is 10.2 Å². The zero-order valence-corrected chi connectivity index (χ0v) is 16.5. The van der Waals surface area contributed by atoms with Crippen LogP contribution in [-0.2, 0) is 11.3 Å². The molecule has 0 spiro atoms. The van der Waals surface area contributed by atoms with Crippen molar-refractivity contribution in [3.63, 3.8) is 0 Å². The van der Waals surface area contributed by atoms with Crippen molar-refractivity contribution in [2.75, 3.05) is 31.1 Å². The highest BCUT2D eigenvalue weighted by molar-refractivity contribution is 5.73. The largest absolute Gasteiger partial charge is 0.490 e. The smallest absolute Gasteiger partial charge is 0.475 e. The van der Waals surface area contributed by atoms with Gasteiger partial charge in [-0.15, -0.1) is 0 Å². The maximum Gasteiger partial charge on any atom is 0.490 e. The molecular weight excluding hydrogens is 413 g/mol. The molecule has 3 heterocycles. The van der Waals surface area contributed by atoms with E-state index in [1.165, 1.54) is 5.56 Å². The SMILES string of the molecule is O=C(O)C(F)(F)F.c1cc(Cn2ccnc2)cc(-c2nccc(N3CCNCC3)n2)c1. The number of halogens is 3. The zero-order chi connectivity index (χ0) is 22.3. The van der Waals surface area contributed by atoms with Crippen molar-refractivity contribution in [1.82, 2.24) is 24.8 Å². The number of benzene rings is 1. The zero-order valence-electron chi connectivity index (χ0n) is 16.5. The minimum atomic E-state index is -5.08. The summed E-state index contributed by atoms with van der Waals surface area (Å²) in [4.78, 5) is 24.5. The third-order valence-electron chi connectivity index (χ3n) is 4.43. The predicted octanol–water partition coefficient (Wildman–Crippen LogP) is 2.43. The van der Waals surface area contributed by atoms with Gasteiger partial charge in [0.2, 0.25) is 0 Å². The lowest BCUT2D eigenvalue weighted by molar-refractivity contribution is -0.192. The van der Waals surface area contributed by atoms with Crippen LogP contribution in [0.4, 0.5) is 19.0 Å². The van der Waals surface area contributed by atoms with Crippen molar-refractivity contribution in [3.05, 3.63) is 60.8 Å². The summed E-state index contributed by atoms with van der Waals surface area (Å²) >= 11 is 0. The topological polar surface area (TPSA) is 96.2 Å². The number of carboxylic acids is 1. The van der Waals surface area contributed by atoms with Gasteiger partial charge in [-0.05, 0) is 17.7 Å². The van der Waals surface area contributed by atoms with Crippen LogP contribution in [0, 0.1) is 0 Å². The van der Waals surface area contributed by atoms with E-state index in [-0.39, 0.29) is 0 Å². The quantitative estimate of drug-likeness (QED) is 0.651. The summed E-state index contributed by atoms with van der Waals surface area (Å²) < 4.78 is 33.8. The molecule has 1 saturated heterocycles. The first kappa shape index (κ1) is 22.2. The lowest BCUT2D eigenvalue weighted by Gasteiger charge is -2.28. The molecule has 1 aliphatic rings. The molecule has 1 aromatic carbocycles. The van der Waals surface area contributed by atoms with Crippen LogP contribution in [0.5, 0.6) is 0 Å². The number of nitrogens with one attached hydrogen (secondary N) is 1. The average molecular weight is 434 g/mol. The first-order chi connectivity index (χ1) is 14.8. The highest BCUT2D eigenvalue weighted by atomic mass is 19.4. The molecule has 0 radical (unpaired) electrons. The van der Waals surface area contributed by atoms with E-state index in [1.54, 1.807) is 6.20 Å². The van der Waals surface area contributed by atoms with Crippen molar-refractivity contribution in [2.45, 2.75) is 12.7 Å². The first-order valence-electron chi connectivity index (χ1n) is 9.47. The Bertz CT molecular complexity index is 989. The number of nitrogens with zero attached hydrogens (tertiary/aromatic N) is 5. The number of hydrogen-bond acceptors (Lipinski definition) is 6. The highest BCUT2D eigenvalue weighted by Gasteiger charge is 2.38. The van der Waals surface area contributed by atoms with Gasteiger partial charge in [0, 0.05) is 56.9 Å². The first-order valence-corrected chi connectivity index (χ1v) is 9.47. The van der Waals surface area contributed by atoms with Gasteiger partial charge in [0.1, 0.15) is 5.82 Å². The van der Waals surface area contributed by atoms with Crippen LogP contribution in [0.2, 0.25) is 0 Å². The van der Waals surface area contributed by atoms with Gasteiger partial charge in [0.25, 0.3) is 0 Å². The van der Waals surface area contributed by atoms with Crippen LogP contribution in [0.3, 0.4) is 0 Å². The van der Waals surface area contributed by atoms with Crippen LogP contribution in [-0.4, -0.2) is 63.0 Å². The molecule has 2 aromatic heterocycles. The van der Waals surface area contributed by atoms with E-state index in [1.807, 2.05) is 24.8 Å². The van der Waals surface area contributed by atoms with E-state index >= 15 is 0 Å². The number of rotatable bonds is 4. The molecular formula is C20H21F3N6O2. The molecule has 11 heteroatoms. The van der Waals surface area contributed by atoms with Crippen LogP contribution >= 0.6 is 0 Å². The molecule has 1 fully saturated rings. The second-order valence-electron chi connectivity index (χ2n) is 6.71. The minimum absolute atomic E-state index is 0.776. The molecule has 0 atom stereocenters. The average Bonchev–Trinajstić information content (AvgIpc) is 3.27. The van der Waals surface area contributed by atoms with Gasteiger partial charge in [0.15, 0.2) is 5.82 Å². The van der Waals surface area contributed by atoms with Gasteiger partial charge in [0.05, 0.1) is 6.33 Å². The fourth-order valence-electron chi connectivity index (χ4n) is 2.96. The van der Waals surface area contributed by atoms with Gasteiger partial charge in [-0.3, -0.25) is 0 Å². The Hall–Kier alpha value is -3.47. The Balaban J connectivity index is 0.000000339. The number of anilines is 1. The van der Waals surface area contributed by atoms with Crippen LogP contribution in [0.15, 0.2) is 55.2 Å². The normalized spacial score (nSPS) is 14.0. The fourth-order valence-corrected chi connectivity index (χ4v) is 2.96. The monoisotopic (exact) mass is 434 g/mol. The van der Waals surface area contributed by atoms with Crippen molar-refractivity contribution in [3.8, 4) is 11.4 Å². The van der Waals surface area contributed by atoms with E-state index < -0.39 is 12.1 Å². The Morgan fingerprint density at radius 1 is 1.16 bits per heavy atom. The summed E-state index contributed by atoms with van der Waals surface area (Å²) in [5.41, 5.74) is 2.26. The van der Waals surface area contributed by atoms with Gasteiger partial charge < -0.3 is 19.9 Å². The Morgan fingerprint density at radius 3 is 2.55 bits per heavy atom. The second kappa shape index (κ2) is 10.0. The number of carboxylic acid groups (broad SMARTS) is 1. The van der Waals surface area contributed by atoms with Gasteiger partial charge in [-0.25, -0.2) is 19.7 Å². The third kappa shape index (κ3) is 6.51. The predicted molar refractivity (Wildman–Crippen MR) is 108 cm³/mol. The summed E-state index contributed by atoms with van der Waals surface area (Å²) in [6.45, 7) is 4.76. The van der Waals surface area contributed by atoms with E-state index in [0.29, 0.717) is 0 Å². The number of aliphatic carboxylic acids is 1. The lowest BCUT2D eigenvalue weighted by atomic mass is 10.1. The van der Waals surface area contributed by atoms with Crippen LogP contribution in [0.25, 0.3) is 11.4 Å². The molecule has 3 aromatic rings. The molecule has 0 unspecified atom stereocenters. The molecule has 1 aliphatic heterocycles. The standard InChI is InChI=1S/C18H20N6.C2HF3O2/c1-2-15(13-23-9-6-20-14-23)12-16(3-1)18-21-5-4-17(22-18)24-10-7-19-8-11-24;3-2(4,5)1(6)7/h1-6,9,12,14,19H,7-8,10-11,13H2;(H,6,7). The third-order valence-corrected chi connectivity index (χ3v) is 4.43. The molecule has 0 saturated carbocycles. The Kier molecular flexibility index (Phi) is 7.19. The maximum atomic E-state index is 10.6. The molecule has 0 aliphatic carbocycles. The van der Waals surface area contributed by atoms with E-state index in [9.17, 15) is 13.2 Å².